The summed E-state index contributed by atoms with van der Waals surface area (Å²) < 4.78 is 10.1. The molecule has 0 amide bonds. The Kier molecular flexibility index (Phi) is 6.34. The molecule has 0 atom stereocenters. The number of nitro groups is 1. The van der Waals surface area contributed by atoms with Gasteiger partial charge in [0, 0.05) is 24.2 Å². The number of nitrogens with one attached hydrogen (secondary N) is 2. The first-order valence-electron chi connectivity index (χ1n) is 6.00. The Morgan fingerprint density at radius 3 is 2.62 bits per heavy atom. The van der Waals surface area contributed by atoms with E-state index in [1.54, 1.807) is 0 Å². The van der Waals surface area contributed by atoms with Crippen molar-refractivity contribution >= 4 is 29.2 Å². The van der Waals surface area contributed by atoms with E-state index in [4.69, 9.17) is 21.7 Å². The van der Waals surface area contributed by atoms with Crippen molar-refractivity contribution in [2.75, 3.05) is 20.8 Å². The molecule has 1 aromatic rings. The Balaban J connectivity index is 3.05. The fourth-order valence-corrected chi connectivity index (χ4v) is 1.71. The lowest BCUT2D eigenvalue weighted by atomic mass is 10.1. The lowest BCUT2D eigenvalue weighted by Gasteiger charge is -2.08. The molecule has 0 unspecified atom stereocenters. The van der Waals surface area contributed by atoms with Crippen LogP contribution >= 0.6 is 12.2 Å². The van der Waals surface area contributed by atoms with Gasteiger partial charge in [-0.05, 0) is 19.1 Å². The van der Waals surface area contributed by atoms with Crippen molar-refractivity contribution < 1.29 is 14.4 Å². The van der Waals surface area contributed by atoms with E-state index >= 15 is 0 Å². The van der Waals surface area contributed by atoms with Gasteiger partial charge in [-0.1, -0.05) is 0 Å². The van der Waals surface area contributed by atoms with E-state index in [1.165, 1.54) is 32.6 Å². The van der Waals surface area contributed by atoms with Crippen LogP contribution < -0.4 is 20.2 Å². The van der Waals surface area contributed by atoms with Gasteiger partial charge in [0.05, 0.1) is 25.4 Å². The van der Waals surface area contributed by atoms with Gasteiger partial charge in [-0.15, -0.1) is 0 Å². The highest BCUT2D eigenvalue weighted by molar-refractivity contribution is 7.80. The molecule has 0 aromatic heterocycles. The number of benzene rings is 1. The van der Waals surface area contributed by atoms with Crippen molar-refractivity contribution in [2.24, 2.45) is 5.10 Å². The number of hydrogen-bond donors (Lipinski definition) is 2. The summed E-state index contributed by atoms with van der Waals surface area (Å²) in [6.07, 6.45) is 1.38. The highest BCUT2D eigenvalue weighted by atomic mass is 32.1. The van der Waals surface area contributed by atoms with E-state index < -0.39 is 4.92 Å². The molecule has 1 aromatic carbocycles. The number of nitrogens with zero attached hydrogens (tertiary/aromatic N) is 2. The molecule has 0 saturated carbocycles. The van der Waals surface area contributed by atoms with Gasteiger partial charge in [0.25, 0.3) is 0 Å². The summed E-state index contributed by atoms with van der Waals surface area (Å²) >= 11 is 4.94. The van der Waals surface area contributed by atoms with Crippen LogP contribution in [-0.2, 0) is 0 Å². The highest BCUT2D eigenvalue weighted by Gasteiger charge is 2.18. The normalized spacial score (nSPS) is 10.2. The zero-order valence-corrected chi connectivity index (χ0v) is 12.7. The zero-order chi connectivity index (χ0) is 15.8. The van der Waals surface area contributed by atoms with Crippen LogP contribution in [0.25, 0.3) is 0 Å². The van der Waals surface area contributed by atoms with Gasteiger partial charge < -0.3 is 14.8 Å². The fourth-order valence-electron chi connectivity index (χ4n) is 1.51. The molecule has 114 valence electrons. The van der Waals surface area contributed by atoms with E-state index in [0.717, 1.165) is 0 Å². The minimum Gasteiger partial charge on any atom is -0.496 e. The van der Waals surface area contributed by atoms with Crippen molar-refractivity contribution in [1.82, 2.24) is 10.7 Å². The second-order valence-corrected chi connectivity index (χ2v) is 4.16. The second-order valence-electron chi connectivity index (χ2n) is 3.75. The minimum atomic E-state index is -0.535. The zero-order valence-electron chi connectivity index (χ0n) is 11.9. The molecule has 9 heteroatoms. The summed E-state index contributed by atoms with van der Waals surface area (Å²) in [5.41, 5.74) is 2.85. The fraction of sp³-hybridized carbons (Fsp3) is 0.333. The van der Waals surface area contributed by atoms with Gasteiger partial charge in [0.1, 0.15) is 5.75 Å². The Labute approximate surface area is 127 Å². The summed E-state index contributed by atoms with van der Waals surface area (Å²) in [7, 11) is 2.81. The maximum absolute atomic E-state index is 11.0. The van der Waals surface area contributed by atoms with Crippen LogP contribution in [0.2, 0.25) is 0 Å². The molecule has 0 aliphatic carbocycles. The highest BCUT2D eigenvalue weighted by Crippen LogP contribution is 2.33. The average Bonchev–Trinajstić information content (AvgIpc) is 2.46. The molecule has 0 heterocycles. The number of thiocarbonyl (C=S) groups is 1. The largest absolute Gasteiger partial charge is 0.496 e. The van der Waals surface area contributed by atoms with E-state index in [0.29, 0.717) is 23.0 Å². The molecule has 2 N–H and O–H groups in total. The average molecular weight is 312 g/mol. The topological polar surface area (TPSA) is 98.0 Å². The summed E-state index contributed by atoms with van der Waals surface area (Å²) in [6.45, 7) is 2.56. The molecular formula is C12H16N4O4S. The van der Waals surface area contributed by atoms with Gasteiger partial charge in [-0.3, -0.25) is 15.5 Å². The van der Waals surface area contributed by atoms with E-state index in [9.17, 15) is 10.1 Å². The molecule has 0 aliphatic rings. The molecular weight excluding hydrogens is 296 g/mol. The van der Waals surface area contributed by atoms with Crippen molar-refractivity contribution in [1.29, 1.82) is 0 Å². The quantitative estimate of drug-likeness (QED) is 0.355. The van der Waals surface area contributed by atoms with Crippen molar-refractivity contribution in [2.45, 2.75) is 6.92 Å². The van der Waals surface area contributed by atoms with Crippen LogP contribution in [0.4, 0.5) is 5.69 Å². The molecule has 0 spiro atoms. The number of hydrogen-bond acceptors (Lipinski definition) is 6. The summed E-state index contributed by atoms with van der Waals surface area (Å²) in [4.78, 5) is 10.5. The minimum absolute atomic E-state index is 0.116. The van der Waals surface area contributed by atoms with E-state index in [-0.39, 0.29) is 11.4 Å². The maximum atomic E-state index is 11.0. The summed E-state index contributed by atoms with van der Waals surface area (Å²) in [5.74, 6) is 0.516. The van der Waals surface area contributed by atoms with Crippen molar-refractivity contribution in [3.05, 3.63) is 27.8 Å². The van der Waals surface area contributed by atoms with E-state index in [1.807, 2.05) is 6.92 Å². The molecule has 0 radical (unpaired) electrons. The van der Waals surface area contributed by atoms with Crippen LogP contribution in [0.15, 0.2) is 17.2 Å². The van der Waals surface area contributed by atoms with Gasteiger partial charge in [0.2, 0.25) is 5.75 Å². The maximum Gasteiger partial charge on any atom is 0.311 e. The first-order valence-corrected chi connectivity index (χ1v) is 6.41. The van der Waals surface area contributed by atoms with Gasteiger partial charge >= 0.3 is 5.69 Å². The number of nitro benzene ring substituents is 1. The molecule has 1 rings (SSSR count). The Hall–Kier alpha value is -2.42. The summed E-state index contributed by atoms with van der Waals surface area (Å²) in [6, 6.07) is 2.75. The molecule has 0 saturated heterocycles. The summed E-state index contributed by atoms with van der Waals surface area (Å²) in [5, 5.41) is 18.1. The monoisotopic (exact) mass is 312 g/mol. The molecule has 0 fully saturated rings. The molecule has 8 nitrogen and oxygen atoms in total. The van der Waals surface area contributed by atoms with Crippen LogP contribution in [-0.4, -0.2) is 37.0 Å². The third-order valence-electron chi connectivity index (χ3n) is 2.43. The number of ether oxygens (including phenoxy) is 2. The number of hydrazone groups is 1. The third kappa shape index (κ3) is 4.56. The van der Waals surface area contributed by atoms with Crippen LogP contribution in [0.1, 0.15) is 12.5 Å². The molecule has 21 heavy (non-hydrogen) atoms. The van der Waals surface area contributed by atoms with Crippen molar-refractivity contribution in [3.8, 4) is 11.5 Å². The predicted molar refractivity (Wildman–Crippen MR) is 83.2 cm³/mol. The van der Waals surface area contributed by atoms with Crippen LogP contribution in [0, 0.1) is 10.1 Å². The molecule has 0 bridgehead atoms. The lowest BCUT2D eigenvalue weighted by molar-refractivity contribution is -0.385. The standard InChI is InChI=1S/C12H16N4O4S/c1-4-13-12(21)15-14-7-8-5-9(16(17)18)11(20-3)6-10(8)19-2/h5-7H,4H2,1-3H3,(H2,13,15,21). The van der Waals surface area contributed by atoms with Gasteiger partial charge in [0.15, 0.2) is 5.11 Å². The lowest BCUT2D eigenvalue weighted by Crippen LogP contribution is -2.31. The third-order valence-corrected chi connectivity index (χ3v) is 2.67. The first-order chi connectivity index (χ1) is 10.0. The van der Waals surface area contributed by atoms with Crippen LogP contribution in [0.5, 0.6) is 11.5 Å². The Morgan fingerprint density at radius 2 is 2.10 bits per heavy atom. The van der Waals surface area contributed by atoms with Gasteiger partial charge in [-0.2, -0.15) is 5.10 Å². The number of rotatable bonds is 6. The van der Waals surface area contributed by atoms with E-state index in [2.05, 4.69) is 15.8 Å². The van der Waals surface area contributed by atoms with Crippen LogP contribution in [0.3, 0.4) is 0 Å². The first kappa shape index (κ1) is 16.6. The van der Waals surface area contributed by atoms with Crippen molar-refractivity contribution in [3.63, 3.8) is 0 Å². The second kappa shape index (κ2) is 8.00. The Morgan fingerprint density at radius 1 is 1.43 bits per heavy atom. The predicted octanol–water partition coefficient (Wildman–Crippen LogP) is 1.43. The number of methoxy groups -OCH3 is 2. The Bertz CT molecular complexity index is 562. The molecule has 0 aliphatic heterocycles. The van der Waals surface area contributed by atoms with Gasteiger partial charge in [-0.25, -0.2) is 0 Å². The smallest absolute Gasteiger partial charge is 0.311 e. The SMILES string of the molecule is CCNC(=S)NN=Cc1cc([N+](=O)[O-])c(OC)cc1OC.